The van der Waals surface area contributed by atoms with E-state index >= 15 is 0 Å². The molecular formula is C54H82N2. The van der Waals surface area contributed by atoms with Crippen molar-refractivity contribution in [2.45, 2.75) is 197 Å². The van der Waals surface area contributed by atoms with Crippen LogP contribution >= 0.6 is 0 Å². The molecule has 0 bridgehead atoms. The Morgan fingerprint density at radius 1 is 0.536 bits per heavy atom. The van der Waals surface area contributed by atoms with Crippen molar-refractivity contribution in [3.63, 3.8) is 0 Å². The molecular weight excluding hydrogens is 677 g/mol. The summed E-state index contributed by atoms with van der Waals surface area (Å²) in [5, 5.41) is 10.7. The van der Waals surface area contributed by atoms with E-state index in [1.54, 1.807) is 22.3 Å². The van der Waals surface area contributed by atoms with Gasteiger partial charge in [0.25, 0.3) is 0 Å². The smallest absolute Gasteiger partial charge is 0.0894 e. The molecule has 2 aromatic rings. The maximum atomic E-state index is 5.37. The third-order valence-corrected chi connectivity index (χ3v) is 18.9. The summed E-state index contributed by atoms with van der Waals surface area (Å²) < 4.78 is 0. The third kappa shape index (κ3) is 7.22. The fourth-order valence-electron chi connectivity index (χ4n) is 16.1. The summed E-state index contributed by atoms with van der Waals surface area (Å²) in [7, 11) is 0. The zero-order chi connectivity index (χ0) is 39.5. The van der Waals surface area contributed by atoms with Crippen molar-refractivity contribution < 1.29 is 0 Å². The van der Waals surface area contributed by atoms with Gasteiger partial charge in [-0.1, -0.05) is 106 Å². The first kappa shape index (κ1) is 40.8. The molecule has 2 aromatic carbocycles. The van der Waals surface area contributed by atoms with E-state index in [1.165, 1.54) is 138 Å². The average Bonchev–Trinajstić information content (AvgIpc) is 3.71. The average molecular weight is 759 g/mol. The van der Waals surface area contributed by atoms with Crippen LogP contribution in [0.4, 0.5) is 11.4 Å². The summed E-state index contributed by atoms with van der Waals surface area (Å²) in [6.45, 7) is 25.0. The second kappa shape index (κ2) is 16.2. The minimum absolute atomic E-state index is 0.514. The van der Waals surface area contributed by atoms with Gasteiger partial charge in [-0.05, 0) is 218 Å². The van der Waals surface area contributed by atoms with Crippen molar-refractivity contribution in [3.05, 3.63) is 57.6 Å². The molecule has 0 heterocycles. The van der Waals surface area contributed by atoms with Crippen LogP contribution in [0.2, 0.25) is 0 Å². The monoisotopic (exact) mass is 759 g/mol. The van der Waals surface area contributed by atoms with Crippen molar-refractivity contribution in [1.82, 2.24) is 0 Å². The zero-order valence-corrected chi connectivity index (χ0v) is 37.9. The van der Waals surface area contributed by atoms with Gasteiger partial charge < -0.3 is 0 Å². The lowest BCUT2D eigenvalue weighted by atomic mass is 9.52. The van der Waals surface area contributed by atoms with Gasteiger partial charge in [0.15, 0.2) is 0 Å². The SMILES string of the molecule is Cc1ccc(N=Nc2ccc(C)c3c2C2CCC4(C)C(C(C)CCCC(C)C)CCC4C2CC3)c2c1CCC1C2CCC2(C)C(C(C)CCCC(C)C)CCC12. The number of azo groups is 1. The van der Waals surface area contributed by atoms with E-state index < -0.39 is 0 Å². The van der Waals surface area contributed by atoms with Crippen LogP contribution in [0.3, 0.4) is 0 Å². The second-order valence-electron chi connectivity index (χ2n) is 22.7. The Morgan fingerprint density at radius 3 is 1.34 bits per heavy atom. The molecule has 0 N–H and O–H groups in total. The van der Waals surface area contributed by atoms with Gasteiger partial charge >= 0.3 is 0 Å². The Bertz CT molecular complexity index is 1610. The largest absolute Gasteiger partial charge is 0.150 e. The molecule has 0 amide bonds. The Hall–Kier alpha value is -1.96. The lowest BCUT2D eigenvalue weighted by Crippen LogP contribution is -2.43. The number of rotatable bonds is 12. The fourth-order valence-corrected chi connectivity index (χ4v) is 16.1. The predicted molar refractivity (Wildman–Crippen MR) is 238 cm³/mol. The van der Waals surface area contributed by atoms with E-state index in [0.717, 1.165) is 59.2 Å². The van der Waals surface area contributed by atoms with Gasteiger partial charge in [0.05, 0.1) is 11.4 Å². The maximum Gasteiger partial charge on any atom is 0.0894 e. The minimum atomic E-state index is 0.514. The van der Waals surface area contributed by atoms with E-state index in [-0.39, 0.29) is 0 Å². The molecule has 12 unspecified atom stereocenters. The van der Waals surface area contributed by atoms with Gasteiger partial charge in [-0.15, -0.1) is 0 Å². The first-order chi connectivity index (χ1) is 26.8. The molecule has 0 radical (unpaired) electrons. The van der Waals surface area contributed by atoms with Gasteiger partial charge in [-0.3, -0.25) is 0 Å². The van der Waals surface area contributed by atoms with E-state index in [0.29, 0.717) is 22.7 Å². The van der Waals surface area contributed by atoms with Gasteiger partial charge in [0.1, 0.15) is 0 Å². The van der Waals surface area contributed by atoms with E-state index in [9.17, 15) is 0 Å². The van der Waals surface area contributed by atoms with Gasteiger partial charge in [0.2, 0.25) is 0 Å². The van der Waals surface area contributed by atoms with Crippen molar-refractivity contribution in [3.8, 4) is 0 Å². The molecule has 12 atom stereocenters. The minimum Gasteiger partial charge on any atom is -0.150 e. The molecule has 4 saturated carbocycles. The number of hydrogen-bond acceptors (Lipinski definition) is 2. The van der Waals surface area contributed by atoms with Crippen LogP contribution in [0.25, 0.3) is 0 Å². The first-order valence-electron chi connectivity index (χ1n) is 24.5. The van der Waals surface area contributed by atoms with Gasteiger partial charge in [-0.25, -0.2) is 0 Å². The lowest BCUT2D eigenvalue weighted by molar-refractivity contribution is 0.00968. The maximum absolute atomic E-state index is 5.37. The Kier molecular flexibility index (Phi) is 11.8. The van der Waals surface area contributed by atoms with Crippen LogP contribution in [-0.4, -0.2) is 0 Å². The molecule has 308 valence electrons. The van der Waals surface area contributed by atoms with Crippen LogP contribution in [0.1, 0.15) is 203 Å². The summed E-state index contributed by atoms with van der Waals surface area (Å²) >= 11 is 0. The van der Waals surface area contributed by atoms with Crippen LogP contribution in [0.15, 0.2) is 34.5 Å². The Labute approximate surface area is 344 Å². The summed E-state index contributed by atoms with van der Waals surface area (Å²) in [6, 6.07) is 9.46. The summed E-state index contributed by atoms with van der Waals surface area (Å²) in [4.78, 5) is 0. The molecule has 2 heteroatoms. The Morgan fingerprint density at radius 2 is 0.946 bits per heavy atom. The van der Waals surface area contributed by atoms with Crippen molar-refractivity contribution in [2.24, 2.45) is 80.2 Å². The highest BCUT2D eigenvalue weighted by Crippen LogP contribution is 2.67. The standard InChI is InChI=1S/C54H82N2/c1-33(2)13-11-15-37(7)45-23-25-47-41-21-19-39-35(5)17-27-49(51(39)43(41)29-31-53(45,47)9)55-56-50-28-18-36(6)40-20-22-42-44(52(40)50)30-32-54(10)46(24-26-48(42)54)38(8)16-12-14-34(3)4/h17-18,27-28,33-34,37-38,41-48H,11-16,19-26,29-32H2,1-10H3. The lowest BCUT2D eigenvalue weighted by Gasteiger charge is -2.52. The molecule has 56 heavy (non-hydrogen) atoms. The first-order valence-corrected chi connectivity index (χ1v) is 24.5. The van der Waals surface area contributed by atoms with Crippen molar-refractivity contribution >= 4 is 11.4 Å². The highest BCUT2D eigenvalue weighted by Gasteiger charge is 2.57. The Balaban J connectivity index is 1.04. The molecule has 0 saturated heterocycles. The van der Waals surface area contributed by atoms with Crippen LogP contribution < -0.4 is 0 Å². The van der Waals surface area contributed by atoms with Gasteiger partial charge in [0, 0.05) is 0 Å². The quantitative estimate of drug-likeness (QED) is 0.193. The van der Waals surface area contributed by atoms with Crippen LogP contribution in [0.5, 0.6) is 0 Å². The van der Waals surface area contributed by atoms with Crippen molar-refractivity contribution in [1.29, 1.82) is 0 Å². The molecule has 0 aromatic heterocycles. The second-order valence-corrected chi connectivity index (χ2v) is 22.7. The van der Waals surface area contributed by atoms with Crippen LogP contribution in [-0.2, 0) is 12.8 Å². The summed E-state index contributed by atoms with van der Waals surface area (Å²) in [5.41, 5.74) is 12.8. The third-order valence-electron chi connectivity index (χ3n) is 18.9. The molecule has 6 aliphatic carbocycles. The number of benzene rings is 2. The normalized spacial score (nSPS) is 35.9. The number of aryl methyl sites for hydroxylation is 2. The van der Waals surface area contributed by atoms with E-state index in [4.69, 9.17) is 10.2 Å². The number of hydrogen-bond donors (Lipinski definition) is 0. The molecule has 4 fully saturated rings. The highest BCUT2D eigenvalue weighted by molar-refractivity contribution is 5.59. The zero-order valence-electron chi connectivity index (χ0n) is 37.9. The van der Waals surface area contributed by atoms with Gasteiger partial charge in [-0.2, -0.15) is 10.2 Å². The summed E-state index contributed by atoms with van der Waals surface area (Å²) in [5.74, 6) is 9.84. The number of nitrogens with zero attached hydrogens (tertiary/aromatic N) is 2. The highest BCUT2D eigenvalue weighted by atomic mass is 15.1. The topological polar surface area (TPSA) is 24.7 Å². The molecule has 8 rings (SSSR count). The molecule has 2 nitrogen and oxygen atoms in total. The van der Waals surface area contributed by atoms with Crippen molar-refractivity contribution in [2.75, 3.05) is 0 Å². The summed E-state index contributed by atoms with van der Waals surface area (Å²) in [6.07, 6.45) is 24.9. The van der Waals surface area contributed by atoms with E-state index in [2.05, 4.69) is 93.5 Å². The predicted octanol–water partition coefficient (Wildman–Crippen LogP) is 16.6. The number of fused-ring (bicyclic) bond motifs is 10. The molecule has 0 aliphatic heterocycles. The molecule has 0 spiro atoms. The van der Waals surface area contributed by atoms with E-state index in [1.807, 2.05) is 0 Å². The van der Waals surface area contributed by atoms with Crippen LogP contribution in [0, 0.1) is 83.9 Å². The molecule has 6 aliphatic rings. The fraction of sp³-hybridized carbons (Fsp3) is 0.778.